The van der Waals surface area contributed by atoms with Crippen LogP contribution in [0, 0.1) is 11.8 Å². The van der Waals surface area contributed by atoms with Gasteiger partial charge in [0, 0.05) is 16.2 Å². The molecule has 1 aliphatic rings. The van der Waals surface area contributed by atoms with Crippen molar-refractivity contribution in [1.82, 2.24) is 4.98 Å². The first-order valence-electron chi connectivity index (χ1n) is 6.57. The van der Waals surface area contributed by atoms with Crippen LogP contribution in [0.2, 0.25) is 0 Å². The van der Waals surface area contributed by atoms with Crippen LogP contribution in [0.4, 0.5) is 0 Å². The normalized spacial score (nSPS) is 23.9. The molecule has 0 amide bonds. The summed E-state index contributed by atoms with van der Waals surface area (Å²) >= 11 is 3.34. The molecule has 2 rings (SSSR count). The number of hydrogen-bond donors (Lipinski definition) is 1. The monoisotopic (exact) mass is 313 g/mol. The van der Waals surface area contributed by atoms with Gasteiger partial charge in [0.2, 0.25) is 5.88 Å². The summed E-state index contributed by atoms with van der Waals surface area (Å²) in [7, 11) is 0. The average molecular weight is 314 g/mol. The predicted molar refractivity (Wildman–Crippen MR) is 74.5 cm³/mol. The largest absolute Gasteiger partial charge is 0.477 e. The molecule has 1 heterocycles. The van der Waals surface area contributed by atoms with Crippen molar-refractivity contribution < 1.29 is 9.84 Å². The molecule has 0 aromatic carbocycles. The van der Waals surface area contributed by atoms with E-state index in [1.54, 1.807) is 6.20 Å². The van der Waals surface area contributed by atoms with E-state index >= 15 is 0 Å². The van der Waals surface area contributed by atoms with Crippen molar-refractivity contribution in [1.29, 1.82) is 0 Å². The van der Waals surface area contributed by atoms with Crippen LogP contribution in [0.5, 0.6) is 5.88 Å². The average Bonchev–Trinajstić information content (AvgIpc) is 2.37. The summed E-state index contributed by atoms with van der Waals surface area (Å²) in [5.41, 5.74) is 0.744. The lowest BCUT2D eigenvalue weighted by Gasteiger charge is -2.26. The van der Waals surface area contributed by atoms with E-state index in [-0.39, 0.29) is 6.61 Å². The second kappa shape index (κ2) is 6.53. The zero-order valence-corrected chi connectivity index (χ0v) is 12.3. The highest BCUT2D eigenvalue weighted by Crippen LogP contribution is 2.29. The van der Waals surface area contributed by atoms with Gasteiger partial charge in [0.15, 0.2) is 0 Å². The molecule has 2 unspecified atom stereocenters. The quantitative estimate of drug-likeness (QED) is 0.924. The Morgan fingerprint density at radius 3 is 3.06 bits per heavy atom. The van der Waals surface area contributed by atoms with E-state index in [0.29, 0.717) is 18.4 Å². The van der Waals surface area contributed by atoms with Crippen molar-refractivity contribution in [2.45, 2.75) is 39.2 Å². The van der Waals surface area contributed by atoms with Crippen molar-refractivity contribution in [3.05, 3.63) is 22.3 Å². The van der Waals surface area contributed by atoms with Gasteiger partial charge < -0.3 is 9.84 Å². The zero-order valence-electron chi connectivity index (χ0n) is 10.7. The van der Waals surface area contributed by atoms with E-state index in [9.17, 15) is 5.11 Å². The number of nitrogens with zero attached hydrogens (tertiary/aromatic N) is 1. The van der Waals surface area contributed by atoms with Crippen LogP contribution in [-0.2, 0) is 6.61 Å². The second-order valence-electron chi connectivity index (χ2n) is 5.22. The van der Waals surface area contributed by atoms with Gasteiger partial charge in [0.05, 0.1) is 13.2 Å². The van der Waals surface area contributed by atoms with Crippen LogP contribution in [-0.4, -0.2) is 16.7 Å². The molecule has 0 spiro atoms. The summed E-state index contributed by atoms with van der Waals surface area (Å²) in [5.74, 6) is 2.01. The lowest BCUT2D eigenvalue weighted by molar-refractivity contribution is 0.173. The van der Waals surface area contributed by atoms with Gasteiger partial charge in [-0.1, -0.05) is 19.8 Å². The van der Waals surface area contributed by atoms with Gasteiger partial charge in [-0.15, -0.1) is 0 Å². The standard InChI is InChI=1S/C14H20BrNO2/c1-10-3-2-4-11(5-10)9-18-14-12(8-17)6-13(15)7-16-14/h6-7,10-11,17H,2-5,8-9H2,1H3. The number of hydrogen-bond acceptors (Lipinski definition) is 3. The van der Waals surface area contributed by atoms with Gasteiger partial charge in [0.1, 0.15) is 0 Å². The van der Waals surface area contributed by atoms with Crippen LogP contribution in [0.25, 0.3) is 0 Å². The van der Waals surface area contributed by atoms with Gasteiger partial charge in [-0.3, -0.25) is 0 Å². The molecule has 18 heavy (non-hydrogen) atoms. The van der Waals surface area contributed by atoms with Crippen LogP contribution < -0.4 is 4.74 Å². The van der Waals surface area contributed by atoms with Gasteiger partial charge in [-0.05, 0) is 46.7 Å². The Morgan fingerprint density at radius 1 is 1.50 bits per heavy atom. The maximum absolute atomic E-state index is 9.28. The topological polar surface area (TPSA) is 42.4 Å². The van der Waals surface area contributed by atoms with Crippen molar-refractivity contribution in [3.8, 4) is 5.88 Å². The Morgan fingerprint density at radius 2 is 2.33 bits per heavy atom. The zero-order chi connectivity index (χ0) is 13.0. The molecule has 100 valence electrons. The first kappa shape index (κ1) is 13.8. The number of rotatable bonds is 4. The predicted octanol–water partition coefficient (Wildman–Crippen LogP) is 3.54. The Kier molecular flexibility index (Phi) is 5.01. The van der Waals surface area contributed by atoms with Gasteiger partial charge >= 0.3 is 0 Å². The molecule has 0 saturated heterocycles. The number of halogens is 1. The fourth-order valence-electron chi connectivity index (χ4n) is 2.62. The van der Waals surface area contributed by atoms with Gasteiger partial charge in [0.25, 0.3) is 0 Å². The van der Waals surface area contributed by atoms with E-state index < -0.39 is 0 Å². The Hall–Kier alpha value is -0.610. The van der Waals surface area contributed by atoms with E-state index in [1.807, 2.05) is 6.07 Å². The van der Waals surface area contributed by atoms with Crippen molar-refractivity contribution in [2.24, 2.45) is 11.8 Å². The molecule has 4 heteroatoms. The molecular formula is C14H20BrNO2. The molecule has 0 bridgehead atoms. The number of pyridine rings is 1. The molecular weight excluding hydrogens is 294 g/mol. The molecule has 1 fully saturated rings. The van der Waals surface area contributed by atoms with E-state index in [0.717, 1.165) is 16.0 Å². The number of ether oxygens (including phenoxy) is 1. The fraction of sp³-hybridized carbons (Fsp3) is 0.643. The van der Waals surface area contributed by atoms with E-state index in [1.165, 1.54) is 25.7 Å². The highest BCUT2D eigenvalue weighted by molar-refractivity contribution is 9.10. The lowest BCUT2D eigenvalue weighted by Crippen LogP contribution is -2.20. The third kappa shape index (κ3) is 3.69. The van der Waals surface area contributed by atoms with Gasteiger partial charge in [-0.25, -0.2) is 4.98 Å². The third-order valence-electron chi connectivity index (χ3n) is 3.56. The van der Waals surface area contributed by atoms with E-state index in [4.69, 9.17) is 4.74 Å². The summed E-state index contributed by atoms with van der Waals surface area (Å²) in [6.45, 7) is 2.98. The van der Waals surface area contributed by atoms with Crippen molar-refractivity contribution in [3.63, 3.8) is 0 Å². The van der Waals surface area contributed by atoms with Crippen LogP contribution in [0.15, 0.2) is 16.7 Å². The minimum Gasteiger partial charge on any atom is -0.477 e. The summed E-state index contributed by atoms with van der Waals surface area (Å²) in [6.07, 6.45) is 6.84. The molecule has 1 N–H and O–H groups in total. The van der Waals surface area contributed by atoms with Crippen LogP contribution >= 0.6 is 15.9 Å². The van der Waals surface area contributed by atoms with Crippen LogP contribution in [0.3, 0.4) is 0 Å². The Labute approximate surface area is 117 Å². The second-order valence-corrected chi connectivity index (χ2v) is 6.14. The first-order valence-corrected chi connectivity index (χ1v) is 7.36. The molecule has 1 aromatic rings. The minimum atomic E-state index is -0.0388. The number of aromatic nitrogens is 1. The lowest BCUT2D eigenvalue weighted by atomic mass is 9.83. The molecule has 3 nitrogen and oxygen atoms in total. The third-order valence-corrected chi connectivity index (χ3v) is 4.00. The minimum absolute atomic E-state index is 0.0388. The van der Waals surface area contributed by atoms with Crippen molar-refractivity contribution in [2.75, 3.05) is 6.61 Å². The maximum Gasteiger partial charge on any atom is 0.218 e. The molecule has 1 saturated carbocycles. The Balaban J connectivity index is 1.93. The fourth-order valence-corrected chi connectivity index (χ4v) is 3.00. The number of aliphatic hydroxyl groups excluding tert-OH is 1. The SMILES string of the molecule is CC1CCCC(COc2ncc(Br)cc2CO)C1. The first-order chi connectivity index (χ1) is 8.69. The summed E-state index contributed by atoms with van der Waals surface area (Å²) in [4.78, 5) is 4.22. The molecule has 0 aliphatic heterocycles. The molecule has 0 radical (unpaired) electrons. The maximum atomic E-state index is 9.28. The van der Waals surface area contributed by atoms with E-state index in [2.05, 4.69) is 27.8 Å². The number of aliphatic hydroxyl groups is 1. The molecule has 2 atom stereocenters. The Bertz CT molecular complexity index is 397. The molecule has 1 aliphatic carbocycles. The smallest absolute Gasteiger partial charge is 0.218 e. The summed E-state index contributed by atoms with van der Waals surface area (Å²) < 4.78 is 6.64. The summed E-state index contributed by atoms with van der Waals surface area (Å²) in [5, 5.41) is 9.28. The highest BCUT2D eigenvalue weighted by atomic mass is 79.9. The van der Waals surface area contributed by atoms with Crippen LogP contribution in [0.1, 0.15) is 38.2 Å². The summed E-state index contributed by atoms with van der Waals surface area (Å²) in [6, 6.07) is 1.85. The highest BCUT2D eigenvalue weighted by Gasteiger charge is 2.20. The van der Waals surface area contributed by atoms with Crippen molar-refractivity contribution >= 4 is 15.9 Å². The molecule has 1 aromatic heterocycles. The van der Waals surface area contributed by atoms with Gasteiger partial charge in [-0.2, -0.15) is 0 Å².